The Bertz CT molecular complexity index is 1510. The monoisotopic (exact) mass is 1180 g/mol. The zero-order valence-corrected chi connectivity index (χ0v) is 53.0. The third-order valence-electron chi connectivity index (χ3n) is 16.7. The molecular weight excluding hydrogens is 1050 g/mol. The summed E-state index contributed by atoms with van der Waals surface area (Å²) in [4.78, 5) is 13.1. The lowest BCUT2D eigenvalue weighted by molar-refractivity contribution is -0.332. The molecule has 2 fully saturated rings. The van der Waals surface area contributed by atoms with Crippen LogP contribution in [0.1, 0.15) is 296 Å². The molecule has 0 aromatic heterocycles. The summed E-state index contributed by atoms with van der Waals surface area (Å²) >= 11 is 0. The van der Waals surface area contributed by atoms with E-state index >= 15 is 0 Å². The number of allylic oxidation sites excluding steroid dienone is 6. The molecule has 2 heterocycles. The predicted octanol–water partition coefficient (Wildman–Crippen LogP) is 14.4. The first-order valence-corrected chi connectivity index (χ1v) is 34.6. The van der Waals surface area contributed by atoms with Crippen molar-refractivity contribution < 1.29 is 69.0 Å². The molecule has 2 saturated heterocycles. The van der Waals surface area contributed by atoms with Gasteiger partial charge < -0.3 is 64.2 Å². The molecular formula is C69H128O14. The van der Waals surface area contributed by atoms with Gasteiger partial charge >= 0.3 is 5.97 Å². The fourth-order valence-corrected chi connectivity index (χ4v) is 11.1. The molecule has 0 bridgehead atoms. The average Bonchev–Trinajstić information content (AvgIpc) is 3.69. The zero-order valence-electron chi connectivity index (χ0n) is 53.0. The summed E-state index contributed by atoms with van der Waals surface area (Å²) in [5.74, 6) is -0.370. The van der Waals surface area contributed by atoms with Crippen LogP contribution in [-0.4, -0.2) is 142 Å². The highest BCUT2D eigenvalue weighted by molar-refractivity contribution is 5.69. The van der Waals surface area contributed by atoms with E-state index in [4.69, 9.17) is 28.4 Å². The molecule has 83 heavy (non-hydrogen) atoms. The predicted molar refractivity (Wildman–Crippen MR) is 335 cm³/mol. The second-order valence-electron chi connectivity index (χ2n) is 24.4. The lowest BCUT2D eigenvalue weighted by Gasteiger charge is -2.42. The lowest BCUT2D eigenvalue weighted by Crippen LogP contribution is -2.61. The summed E-state index contributed by atoms with van der Waals surface area (Å²) < 4.78 is 34.6. The van der Waals surface area contributed by atoms with Crippen LogP contribution in [0.25, 0.3) is 0 Å². The summed E-state index contributed by atoms with van der Waals surface area (Å²) in [5.41, 5.74) is 0. The van der Waals surface area contributed by atoms with E-state index in [0.717, 1.165) is 51.4 Å². The van der Waals surface area contributed by atoms with E-state index in [1.165, 1.54) is 218 Å². The third kappa shape index (κ3) is 41.1. The average molecular weight is 1180 g/mol. The number of carbonyl (C=O) groups excluding carboxylic acids is 1. The molecule has 2 rings (SSSR count). The highest BCUT2D eigenvalue weighted by atomic mass is 16.7. The largest absolute Gasteiger partial charge is 0.457 e. The van der Waals surface area contributed by atoms with Gasteiger partial charge in [0.1, 0.15) is 54.9 Å². The summed E-state index contributed by atoms with van der Waals surface area (Å²) in [5, 5.41) is 72.6. The number of unbranched alkanes of at least 4 members (excludes halogenated alkanes) is 38. The van der Waals surface area contributed by atoms with E-state index in [-0.39, 0.29) is 25.6 Å². The van der Waals surface area contributed by atoms with Gasteiger partial charge in [0.05, 0.1) is 26.4 Å². The van der Waals surface area contributed by atoms with Crippen LogP contribution in [0.5, 0.6) is 0 Å². The Morgan fingerprint density at radius 2 is 0.747 bits per heavy atom. The molecule has 11 unspecified atom stereocenters. The van der Waals surface area contributed by atoms with E-state index in [2.05, 4.69) is 50.3 Å². The Morgan fingerprint density at radius 3 is 1.17 bits per heavy atom. The SMILES string of the molecule is CCCCCCC/C=C\C/C=C\C/C=C\CCCCCCCCCCCCCOCC(COC1OC(COC2OC(CO)C(O)C(O)C2O)C(O)C(O)C1O)OC(=O)CCCCCCCCCCCCCCCCCCCCCCCCC. The fraction of sp³-hybridized carbons (Fsp3) is 0.899. The minimum atomic E-state index is -1.71. The van der Waals surface area contributed by atoms with Crippen molar-refractivity contribution in [2.75, 3.05) is 33.0 Å². The first-order valence-electron chi connectivity index (χ1n) is 34.6. The van der Waals surface area contributed by atoms with Crippen molar-refractivity contribution in [2.24, 2.45) is 0 Å². The van der Waals surface area contributed by atoms with E-state index in [1.54, 1.807) is 0 Å². The van der Waals surface area contributed by atoms with Crippen LogP contribution >= 0.6 is 0 Å². The fourth-order valence-electron chi connectivity index (χ4n) is 11.1. The van der Waals surface area contributed by atoms with E-state index in [9.17, 15) is 40.5 Å². The summed E-state index contributed by atoms with van der Waals surface area (Å²) in [6, 6.07) is 0. The van der Waals surface area contributed by atoms with Crippen LogP contribution in [0.3, 0.4) is 0 Å². The number of hydrogen-bond acceptors (Lipinski definition) is 14. The quantitative estimate of drug-likeness (QED) is 0.0171. The van der Waals surface area contributed by atoms with Crippen LogP contribution in [0, 0.1) is 0 Å². The normalized spacial score (nSPS) is 23.6. The van der Waals surface area contributed by atoms with Crippen LogP contribution < -0.4 is 0 Å². The first-order chi connectivity index (χ1) is 40.6. The highest BCUT2D eigenvalue weighted by Crippen LogP contribution is 2.27. The maximum absolute atomic E-state index is 13.1. The molecule has 7 N–H and O–H groups in total. The van der Waals surface area contributed by atoms with Crippen molar-refractivity contribution in [3.05, 3.63) is 36.5 Å². The molecule has 0 radical (unpaired) electrons. The molecule has 0 spiro atoms. The first kappa shape index (κ1) is 77.3. The van der Waals surface area contributed by atoms with E-state index in [1.807, 2.05) is 0 Å². The summed E-state index contributed by atoms with van der Waals surface area (Å²) in [7, 11) is 0. The maximum Gasteiger partial charge on any atom is 0.306 e. The number of carbonyl (C=O) groups is 1. The van der Waals surface area contributed by atoms with Crippen molar-refractivity contribution in [2.45, 2.75) is 364 Å². The zero-order chi connectivity index (χ0) is 60.1. The molecule has 2 aliphatic rings. The van der Waals surface area contributed by atoms with Crippen molar-refractivity contribution in [3.63, 3.8) is 0 Å². The second-order valence-corrected chi connectivity index (χ2v) is 24.4. The topological polar surface area (TPSA) is 214 Å². The second kappa shape index (κ2) is 55.5. The van der Waals surface area contributed by atoms with Gasteiger partial charge in [0, 0.05) is 13.0 Å². The highest BCUT2D eigenvalue weighted by Gasteiger charge is 2.47. The standard InChI is InChI=1S/C69H128O14/c1-3-5-7-9-11-13-15-17-19-21-23-25-27-28-29-31-33-35-37-39-41-43-45-47-49-51-53-78-55-58(56-79-68-67(77)65(75)63(73)60(83-68)57-80-69-66(76)64(74)62(72)59(54-70)82-69)81-61(71)52-50-48-46-44-42-40-38-36-34-32-30-26-24-22-20-18-16-14-12-10-8-6-4-2/h15,17,21,23,27-28,58-60,62-70,72-77H,3-14,16,18-20,22,24-26,29-57H2,1-2H3/b17-15-,23-21-,28-27-. The van der Waals surface area contributed by atoms with Crippen molar-refractivity contribution in [1.82, 2.24) is 0 Å². The van der Waals surface area contributed by atoms with Crippen molar-refractivity contribution in [3.8, 4) is 0 Å². The molecule has 2 aliphatic heterocycles. The third-order valence-corrected chi connectivity index (χ3v) is 16.7. The minimum absolute atomic E-state index is 0.0634. The van der Waals surface area contributed by atoms with Gasteiger partial charge in [-0.15, -0.1) is 0 Å². The van der Waals surface area contributed by atoms with Gasteiger partial charge in [-0.3, -0.25) is 4.79 Å². The van der Waals surface area contributed by atoms with Crippen molar-refractivity contribution >= 4 is 5.97 Å². The lowest BCUT2D eigenvalue weighted by atomic mass is 9.98. The Kier molecular flexibility index (Phi) is 51.7. The van der Waals surface area contributed by atoms with E-state index in [0.29, 0.717) is 13.0 Å². The summed E-state index contributed by atoms with van der Waals surface area (Å²) in [6.07, 6.45) is 52.2. The van der Waals surface area contributed by atoms with Gasteiger partial charge in [0.25, 0.3) is 0 Å². The van der Waals surface area contributed by atoms with Crippen molar-refractivity contribution in [1.29, 1.82) is 0 Å². The molecule has 0 amide bonds. The molecule has 14 nitrogen and oxygen atoms in total. The maximum atomic E-state index is 13.1. The molecule has 14 heteroatoms. The molecule has 11 atom stereocenters. The number of ether oxygens (including phenoxy) is 6. The number of esters is 1. The molecule has 0 aliphatic carbocycles. The van der Waals surface area contributed by atoms with Crippen LogP contribution in [-0.2, 0) is 33.2 Å². The number of aliphatic hydroxyl groups is 7. The van der Waals surface area contributed by atoms with Gasteiger partial charge in [-0.05, 0) is 51.4 Å². The van der Waals surface area contributed by atoms with Crippen LogP contribution in [0.15, 0.2) is 36.5 Å². The van der Waals surface area contributed by atoms with Gasteiger partial charge in [0.2, 0.25) is 0 Å². The van der Waals surface area contributed by atoms with Crippen LogP contribution in [0.4, 0.5) is 0 Å². The molecule has 0 saturated carbocycles. The molecule has 488 valence electrons. The van der Waals surface area contributed by atoms with E-state index < -0.39 is 80.7 Å². The van der Waals surface area contributed by atoms with Gasteiger partial charge in [-0.2, -0.15) is 0 Å². The van der Waals surface area contributed by atoms with Gasteiger partial charge in [0.15, 0.2) is 12.6 Å². The molecule has 0 aromatic carbocycles. The summed E-state index contributed by atoms with van der Waals surface area (Å²) in [6.45, 7) is 3.74. The Hall–Kier alpha value is -1.79. The Balaban J connectivity index is 1.64. The van der Waals surface area contributed by atoms with Gasteiger partial charge in [-0.25, -0.2) is 0 Å². The smallest absolute Gasteiger partial charge is 0.306 e. The minimum Gasteiger partial charge on any atom is -0.457 e. The molecule has 0 aromatic rings. The van der Waals surface area contributed by atoms with Gasteiger partial charge in [-0.1, -0.05) is 275 Å². The number of aliphatic hydroxyl groups excluding tert-OH is 7. The van der Waals surface area contributed by atoms with Crippen LogP contribution in [0.2, 0.25) is 0 Å². The number of hydrogen-bond donors (Lipinski definition) is 7. The number of rotatable bonds is 58. The Labute approximate surface area is 506 Å². The Morgan fingerprint density at radius 1 is 0.398 bits per heavy atom.